The molecule has 0 atom stereocenters. The van der Waals surface area contributed by atoms with Gasteiger partial charge in [-0.25, -0.2) is 14.5 Å². The van der Waals surface area contributed by atoms with Gasteiger partial charge in [-0.1, -0.05) is 11.6 Å². The smallest absolute Gasteiger partial charge is 0.337 e. The van der Waals surface area contributed by atoms with Gasteiger partial charge in [-0.3, -0.25) is 4.79 Å². The number of hydrogen-bond donors (Lipinski definition) is 2. The minimum atomic E-state index is -1.12. The van der Waals surface area contributed by atoms with Crippen molar-refractivity contribution in [3.8, 4) is 5.82 Å². The summed E-state index contributed by atoms with van der Waals surface area (Å²) in [5.41, 5.74) is 0.190. The third kappa shape index (κ3) is 2.55. The van der Waals surface area contributed by atoms with Gasteiger partial charge in [0.05, 0.1) is 10.6 Å². The molecule has 98 valence electrons. The first-order valence-corrected chi connectivity index (χ1v) is 5.57. The molecule has 0 spiro atoms. The van der Waals surface area contributed by atoms with Gasteiger partial charge in [-0.05, 0) is 12.1 Å². The Hall–Kier alpha value is -2.41. The van der Waals surface area contributed by atoms with E-state index in [-0.39, 0.29) is 28.0 Å². The number of nitrogens with zero attached hydrogens (tertiary/aromatic N) is 3. The number of halogens is 1. The SMILES string of the molecule is CNC(=O)c1ccn(-c2ncc(C(=O)O)cc2Cl)n1. The Morgan fingerprint density at radius 1 is 1.47 bits per heavy atom. The number of carboxylic acid groups (broad SMARTS) is 1. The van der Waals surface area contributed by atoms with E-state index in [0.29, 0.717) is 0 Å². The molecule has 2 aromatic heterocycles. The largest absolute Gasteiger partial charge is 0.478 e. The summed E-state index contributed by atoms with van der Waals surface area (Å²) in [6.07, 6.45) is 2.68. The van der Waals surface area contributed by atoms with E-state index >= 15 is 0 Å². The van der Waals surface area contributed by atoms with Crippen LogP contribution in [0.15, 0.2) is 24.5 Å². The number of pyridine rings is 1. The third-order valence-electron chi connectivity index (χ3n) is 2.33. The van der Waals surface area contributed by atoms with E-state index < -0.39 is 5.97 Å². The van der Waals surface area contributed by atoms with Crippen LogP contribution in [0.5, 0.6) is 0 Å². The van der Waals surface area contributed by atoms with Gasteiger partial charge in [0.2, 0.25) is 0 Å². The number of amides is 1. The molecule has 0 saturated carbocycles. The molecular weight excluding hydrogens is 272 g/mol. The molecule has 7 nitrogen and oxygen atoms in total. The molecular formula is C11H9ClN4O3. The molecule has 0 aliphatic rings. The van der Waals surface area contributed by atoms with Gasteiger partial charge in [-0.2, -0.15) is 5.10 Å². The van der Waals surface area contributed by atoms with Crippen LogP contribution < -0.4 is 5.32 Å². The van der Waals surface area contributed by atoms with Crippen LogP contribution in [0.2, 0.25) is 5.02 Å². The quantitative estimate of drug-likeness (QED) is 0.873. The highest BCUT2D eigenvalue weighted by molar-refractivity contribution is 6.32. The maximum absolute atomic E-state index is 11.4. The topological polar surface area (TPSA) is 97.1 Å². The number of carboxylic acids is 1. The Balaban J connectivity index is 2.39. The molecule has 1 amide bonds. The lowest BCUT2D eigenvalue weighted by Crippen LogP contribution is -2.18. The lowest BCUT2D eigenvalue weighted by atomic mass is 10.3. The Morgan fingerprint density at radius 2 is 2.21 bits per heavy atom. The fraction of sp³-hybridized carbons (Fsp3) is 0.0909. The maximum atomic E-state index is 11.4. The van der Waals surface area contributed by atoms with Crippen LogP contribution in [-0.2, 0) is 0 Å². The second-order valence-corrected chi connectivity index (χ2v) is 3.97. The molecule has 2 aromatic rings. The van der Waals surface area contributed by atoms with Gasteiger partial charge in [0.25, 0.3) is 5.91 Å². The van der Waals surface area contributed by atoms with Crippen molar-refractivity contribution < 1.29 is 14.7 Å². The van der Waals surface area contributed by atoms with Crippen molar-refractivity contribution in [2.45, 2.75) is 0 Å². The summed E-state index contributed by atoms with van der Waals surface area (Å²) in [5, 5.41) is 15.4. The van der Waals surface area contributed by atoms with E-state index in [1.165, 1.54) is 36.3 Å². The second kappa shape index (κ2) is 5.07. The average Bonchev–Trinajstić information content (AvgIpc) is 2.87. The summed E-state index contributed by atoms with van der Waals surface area (Å²) < 4.78 is 1.30. The molecule has 19 heavy (non-hydrogen) atoms. The molecule has 0 saturated heterocycles. The molecule has 2 heterocycles. The first-order chi connectivity index (χ1) is 9.02. The van der Waals surface area contributed by atoms with Crippen molar-refractivity contribution >= 4 is 23.5 Å². The van der Waals surface area contributed by atoms with E-state index in [1.54, 1.807) is 0 Å². The van der Waals surface area contributed by atoms with Gasteiger partial charge in [-0.15, -0.1) is 0 Å². The summed E-state index contributed by atoms with van der Waals surface area (Å²) in [5.74, 6) is -1.20. The zero-order chi connectivity index (χ0) is 14.0. The zero-order valence-corrected chi connectivity index (χ0v) is 10.5. The second-order valence-electron chi connectivity index (χ2n) is 3.56. The van der Waals surface area contributed by atoms with Crippen LogP contribution in [0, 0.1) is 0 Å². The molecule has 2 N–H and O–H groups in total. The molecule has 0 aromatic carbocycles. The number of hydrogen-bond acceptors (Lipinski definition) is 4. The van der Waals surface area contributed by atoms with Crippen LogP contribution >= 0.6 is 11.6 Å². The highest BCUT2D eigenvalue weighted by Gasteiger charge is 2.13. The third-order valence-corrected chi connectivity index (χ3v) is 2.61. The van der Waals surface area contributed by atoms with E-state index in [9.17, 15) is 9.59 Å². The van der Waals surface area contributed by atoms with E-state index in [2.05, 4.69) is 15.4 Å². The minimum Gasteiger partial charge on any atom is -0.478 e. The molecule has 8 heteroatoms. The van der Waals surface area contributed by atoms with Crippen molar-refractivity contribution in [3.05, 3.63) is 40.8 Å². The summed E-state index contributed by atoms with van der Waals surface area (Å²) >= 11 is 5.94. The lowest BCUT2D eigenvalue weighted by molar-refractivity contribution is 0.0696. The Kier molecular flexibility index (Phi) is 3.48. The normalized spacial score (nSPS) is 10.2. The molecule has 0 aliphatic carbocycles. The van der Waals surface area contributed by atoms with Gasteiger partial charge >= 0.3 is 5.97 Å². The fourth-order valence-corrected chi connectivity index (χ4v) is 1.66. The summed E-state index contributed by atoms with van der Waals surface area (Å²) in [7, 11) is 1.49. The highest BCUT2D eigenvalue weighted by Crippen LogP contribution is 2.19. The standard InChI is InChI=1S/C11H9ClN4O3/c1-13-10(17)8-2-3-16(15-8)9-7(12)4-6(5-14-9)11(18)19/h2-5H,1H3,(H,13,17)(H,18,19). The summed E-state index contributed by atoms with van der Waals surface area (Å²) in [6, 6.07) is 2.77. The van der Waals surface area contributed by atoms with Crippen molar-refractivity contribution in [1.82, 2.24) is 20.1 Å². The first-order valence-electron chi connectivity index (χ1n) is 5.20. The zero-order valence-electron chi connectivity index (χ0n) is 9.79. The van der Waals surface area contributed by atoms with Crippen molar-refractivity contribution in [2.24, 2.45) is 0 Å². The predicted molar refractivity (Wildman–Crippen MR) is 66.7 cm³/mol. The molecule has 0 fully saturated rings. The van der Waals surface area contributed by atoms with E-state index in [1.807, 2.05) is 0 Å². The van der Waals surface area contributed by atoms with E-state index in [4.69, 9.17) is 16.7 Å². The average molecular weight is 281 g/mol. The van der Waals surface area contributed by atoms with Gasteiger partial charge in [0, 0.05) is 19.4 Å². The summed E-state index contributed by atoms with van der Waals surface area (Å²) in [6.45, 7) is 0. The highest BCUT2D eigenvalue weighted by atomic mass is 35.5. The Morgan fingerprint density at radius 3 is 2.79 bits per heavy atom. The van der Waals surface area contributed by atoms with Crippen molar-refractivity contribution in [3.63, 3.8) is 0 Å². The number of rotatable bonds is 3. The summed E-state index contributed by atoms with van der Waals surface area (Å²) in [4.78, 5) is 26.1. The van der Waals surface area contributed by atoms with Crippen molar-refractivity contribution in [1.29, 1.82) is 0 Å². The molecule has 0 unspecified atom stereocenters. The monoisotopic (exact) mass is 280 g/mol. The molecule has 2 rings (SSSR count). The van der Waals surface area contributed by atoms with E-state index in [0.717, 1.165) is 0 Å². The number of nitrogens with one attached hydrogen (secondary N) is 1. The van der Waals surface area contributed by atoms with Crippen LogP contribution in [0.1, 0.15) is 20.8 Å². The molecule has 0 radical (unpaired) electrons. The Labute approximate surface area is 112 Å². The fourth-order valence-electron chi connectivity index (χ4n) is 1.41. The van der Waals surface area contributed by atoms with Crippen LogP contribution in [0.25, 0.3) is 5.82 Å². The minimum absolute atomic E-state index is 0.0209. The number of aromatic carboxylic acids is 1. The Bertz CT molecular complexity index is 653. The number of aromatic nitrogens is 3. The van der Waals surface area contributed by atoms with Crippen LogP contribution in [0.3, 0.4) is 0 Å². The number of carbonyl (C=O) groups excluding carboxylic acids is 1. The number of carbonyl (C=O) groups is 2. The van der Waals surface area contributed by atoms with Crippen LogP contribution in [-0.4, -0.2) is 38.8 Å². The van der Waals surface area contributed by atoms with Gasteiger partial charge in [0.15, 0.2) is 11.5 Å². The van der Waals surface area contributed by atoms with Crippen LogP contribution in [0.4, 0.5) is 0 Å². The van der Waals surface area contributed by atoms with Crippen molar-refractivity contribution in [2.75, 3.05) is 7.05 Å². The molecule has 0 aliphatic heterocycles. The maximum Gasteiger partial charge on any atom is 0.337 e. The predicted octanol–water partition coefficient (Wildman–Crippen LogP) is 0.979. The first kappa shape index (κ1) is 13.0. The van der Waals surface area contributed by atoms with Gasteiger partial charge < -0.3 is 10.4 Å². The lowest BCUT2D eigenvalue weighted by Gasteiger charge is -2.03. The molecule has 0 bridgehead atoms. The van der Waals surface area contributed by atoms with Gasteiger partial charge in [0.1, 0.15) is 0 Å².